The summed E-state index contributed by atoms with van der Waals surface area (Å²) >= 11 is 5.56. The smallest absolute Gasteiger partial charge is 0.311 e. The van der Waals surface area contributed by atoms with Crippen LogP contribution in [-0.4, -0.2) is 35.5 Å². The van der Waals surface area contributed by atoms with Crippen molar-refractivity contribution in [2.45, 2.75) is 57.7 Å². The highest BCUT2D eigenvalue weighted by molar-refractivity contribution is 6.67. The highest BCUT2D eigenvalue weighted by Crippen LogP contribution is 2.50. The van der Waals surface area contributed by atoms with Crippen LogP contribution in [0.15, 0.2) is 34.9 Å². The van der Waals surface area contributed by atoms with Crippen molar-refractivity contribution in [1.82, 2.24) is 4.98 Å². The quantitative estimate of drug-likeness (QED) is 0.480. The number of fused-ring (bicyclic) bond motifs is 2. The third-order valence-corrected chi connectivity index (χ3v) is 6.57. The van der Waals surface area contributed by atoms with E-state index >= 15 is 0 Å². The molecule has 4 rings (SSSR count). The van der Waals surface area contributed by atoms with E-state index in [0.29, 0.717) is 12.3 Å². The Morgan fingerprint density at radius 3 is 2.57 bits per heavy atom. The Kier molecular flexibility index (Phi) is 5.73. The van der Waals surface area contributed by atoms with Crippen molar-refractivity contribution in [3.05, 3.63) is 53.2 Å². The largest absolute Gasteiger partial charge is 0.469 e. The van der Waals surface area contributed by atoms with Crippen LogP contribution in [0.5, 0.6) is 0 Å². The van der Waals surface area contributed by atoms with Gasteiger partial charge in [-0.3, -0.25) is 9.59 Å². The van der Waals surface area contributed by atoms with E-state index in [1.165, 1.54) is 18.9 Å². The minimum Gasteiger partial charge on any atom is -0.469 e. The Morgan fingerprint density at radius 1 is 1.20 bits per heavy atom. The first kappa shape index (κ1) is 21.1. The minimum absolute atomic E-state index is 0.0183. The predicted octanol–water partition coefficient (Wildman–Crippen LogP) is 4.30. The molecule has 0 amide bonds. The monoisotopic (exact) mass is 431 g/mol. The van der Waals surface area contributed by atoms with Crippen LogP contribution in [0.4, 0.5) is 0 Å². The average molecular weight is 432 g/mol. The molecular weight excluding hydrogens is 406 g/mol. The molecule has 0 aliphatic carbocycles. The van der Waals surface area contributed by atoms with Gasteiger partial charge in [-0.25, -0.2) is 4.98 Å². The molecule has 2 fully saturated rings. The van der Waals surface area contributed by atoms with Crippen LogP contribution in [0.3, 0.4) is 0 Å². The molecule has 0 radical (unpaired) electrons. The summed E-state index contributed by atoms with van der Waals surface area (Å²) in [5.74, 6) is 0.457. The Bertz CT molecular complexity index is 953. The van der Waals surface area contributed by atoms with E-state index in [1.54, 1.807) is 0 Å². The fraction of sp³-hybridized carbons (Fsp3) is 0.522. The number of benzene rings is 1. The summed E-state index contributed by atoms with van der Waals surface area (Å²) in [5, 5.41) is -0.624. The summed E-state index contributed by atoms with van der Waals surface area (Å²) in [7, 11) is 1.42. The van der Waals surface area contributed by atoms with Crippen molar-refractivity contribution < 1.29 is 23.5 Å². The van der Waals surface area contributed by atoms with Gasteiger partial charge in [0.2, 0.25) is 5.89 Å². The third kappa shape index (κ3) is 3.91. The Balaban J connectivity index is 1.60. The molecular formula is C23H26ClNO5. The second kappa shape index (κ2) is 8.16. The summed E-state index contributed by atoms with van der Waals surface area (Å²) in [6, 6.07) is 8.18. The zero-order valence-electron chi connectivity index (χ0n) is 17.4. The Hall–Kier alpha value is -2.18. The molecule has 3 heterocycles. The standard InChI is InChI=1S/C23H26ClNO5/c1-23(2,22(27)28-3)11-14-7-5-4-6-13(14)10-15-17-8-9-18(30-17)19(15)21-25-16(12-29-21)20(24)26/h4-7,12,15,17-19H,8-11H2,1-3H3/t15-,17-,18+,19-/m0/s1. The fourth-order valence-electron chi connectivity index (χ4n) is 4.91. The molecule has 1 aromatic heterocycles. The van der Waals surface area contributed by atoms with E-state index in [0.717, 1.165) is 24.8 Å². The number of hydrogen-bond acceptors (Lipinski definition) is 6. The summed E-state index contributed by atoms with van der Waals surface area (Å²) in [5.41, 5.74) is 1.82. The molecule has 160 valence electrons. The first-order valence-corrected chi connectivity index (χ1v) is 10.6. The number of esters is 1. The molecule has 0 saturated carbocycles. The highest BCUT2D eigenvalue weighted by Gasteiger charge is 2.51. The molecule has 1 aromatic carbocycles. The second-order valence-electron chi connectivity index (χ2n) is 8.85. The van der Waals surface area contributed by atoms with Crippen LogP contribution in [0.1, 0.15) is 60.1 Å². The first-order valence-electron chi connectivity index (χ1n) is 10.3. The van der Waals surface area contributed by atoms with Gasteiger partial charge in [0.1, 0.15) is 6.26 Å². The van der Waals surface area contributed by atoms with Crippen molar-refractivity contribution in [3.63, 3.8) is 0 Å². The summed E-state index contributed by atoms with van der Waals surface area (Å²) in [6.07, 6.45) is 4.82. The number of aromatic nitrogens is 1. The van der Waals surface area contributed by atoms with Gasteiger partial charge < -0.3 is 13.9 Å². The van der Waals surface area contributed by atoms with Crippen LogP contribution < -0.4 is 0 Å². The first-order chi connectivity index (χ1) is 14.3. The number of ether oxygens (including phenoxy) is 2. The number of carbonyl (C=O) groups excluding carboxylic acids is 2. The molecule has 2 bridgehead atoms. The number of hydrogen-bond donors (Lipinski definition) is 0. The van der Waals surface area contributed by atoms with E-state index in [9.17, 15) is 9.59 Å². The van der Waals surface area contributed by atoms with Gasteiger partial charge in [0.05, 0.1) is 30.7 Å². The molecule has 2 aliphatic rings. The Labute approximate surface area is 180 Å². The van der Waals surface area contributed by atoms with Crippen molar-refractivity contribution in [2.75, 3.05) is 7.11 Å². The van der Waals surface area contributed by atoms with E-state index in [1.807, 2.05) is 26.0 Å². The maximum Gasteiger partial charge on any atom is 0.311 e. The van der Waals surface area contributed by atoms with Crippen molar-refractivity contribution in [2.24, 2.45) is 11.3 Å². The highest BCUT2D eigenvalue weighted by atomic mass is 35.5. The predicted molar refractivity (Wildman–Crippen MR) is 110 cm³/mol. The van der Waals surface area contributed by atoms with Crippen LogP contribution in [0.25, 0.3) is 0 Å². The molecule has 7 heteroatoms. The van der Waals surface area contributed by atoms with Gasteiger partial charge >= 0.3 is 5.97 Å². The molecule has 2 aromatic rings. The average Bonchev–Trinajstić information content (AvgIpc) is 3.44. The van der Waals surface area contributed by atoms with Gasteiger partial charge in [-0.2, -0.15) is 0 Å². The van der Waals surface area contributed by atoms with Gasteiger partial charge in [-0.05, 0) is 62.3 Å². The zero-order chi connectivity index (χ0) is 21.5. The normalized spacial score (nSPS) is 25.5. The van der Waals surface area contributed by atoms with Gasteiger partial charge in [0.25, 0.3) is 5.24 Å². The zero-order valence-corrected chi connectivity index (χ0v) is 18.1. The van der Waals surface area contributed by atoms with Gasteiger partial charge in [-0.1, -0.05) is 24.3 Å². The maximum absolute atomic E-state index is 12.2. The minimum atomic E-state index is -0.624. The van der Waals surface area contributed by atoms with Crippen LogP contribution in [-0.2, 0) is 27.1 Å². The SMILES string of the molecule is COC(=O)C(C)(C)Cc1ccccc1C[C@@H]1[C@H](c2nc(C(=O)Cl)co2)[C@H]2CC[C@@H]1O2. The van der Waals surface area contributed by atoms with E-state index in [2.05, 4.69) is 17.1 Å². The molecule has 2 saturated heterocycles. The van der Waals surface area contributed by atoms with Gasteiger partial charge in [-0.15, -0.1) is 0 Å². The number of nitrogens with zero attached hydrogens (tertiary/aromatic N) is 1. The van der Waals surface area contributed by atoms with Crippen LogP contribution >= 0.6 is 11.6 Å². The summed E-state index contributed by atoms with van der Waals surface area (Å²) in [6.45, 7) is 3.80. The lowest BCUT2D eigenvalue weighted by molar-refractivity contribution is -0.150. The summed E-state index contributed by atoms with van der Waals surface area (Å²) < 4.78 is 16.8. The van der Waals surface area contributed by atoms with Crippen molar-refractivity contribution >= 4 is 22.8 Å². The van der Waals surface area contributed by atoms with E-state index < -0.39 is 10.7 Å². The lowest BCUT2D eigenvalue weighted by atomic mass is 9.74. The molecule has 4 atom stereocenters. The van der Waals surface area contributed by atoms with Crippen LogP contribution in [0.2, 0.25) is 0 Å². The number of carbonyl (C=O) groups is 2. The molecule has 0 N–H and O–H groups in total. The number of methoxy groups -OCH3 is 1. The molecule has 2 aliphatic heterocycles. The third-order valence-electron chi connectivity index (χ3n) is 6.38. The van der Waals surface area contributed by atoms with E-state index in [-0.39, 0.29) is 35.7 Å². The molecule has 30 heavy (non-hydrogen) atoms. The topological polar surface area (TPSA) is 78.6 Å². The molecule has 6 nitrogen and oxygen atoms in total. The Morgan fingerprint density at radius 2 is 1.90 bits per heavy atom. The fourth-order valence-corrected chi connectivity index (χ4v) is 5.00. The lowest BCUT2D eigenvalue weighted by Gasteiger charge is -2.28. The molecule has 0 unspecified atom stereocenters. The summed E-state index contributed by atoms with van der Waals surface area (Å²) in [4.78, 5) is 28.0. The van der Waals surface area contributed by atoms with Crippen molar-refractivity contribution in [1.29, 1.82) is 0 Å². The molecule has 0 spiro atoms. The van der Waals surface area contributed by atoms with Crippen molar-refractivity contribution in [3.8, 4) is 0 Å². The van der Waals surface area contributed by atoms with Crippen LogP contribution in [0, 0.1) is 11.3 Å². The number of halogens is 1. The second-order valence-corrected chi connectivity index (χ2v) is 9.19. The van der Waals surface area contributed by atoms with E-state index in [4.69, 9.17) is 25.5 Å². The lowest BCUT2D eigenvalue weighted by Crippen LogP contribution is -2.30. The van der Waals surface area contributed by atoms with Gasteiger partial charge in [0.15, 0.2) is 5.69 Å². The number of oxazole rings is 1. The maximum atomic E-state index is 12.2. The number of rotatable bonds is 7. The van der Waals surface area contributed by atoms with Gasteiger partial charge in [0, 0.05) is 5.92 Å².